The van der Waals surface area contributed by atoms with E-state index in [0.717, 1.165) is 5.56 Å². The summed E-state index contributed by atoms with van der Waals surface area (Å²) in [4.78, 5) is 0. The van der Waals surface area contributed by atoms with Crippen LogP contribution in [0.2, 0.25) is 0 Å². The van der Waals surface area contributed by atoms with Gasteiger partial charge in [-0.05, 0) is 24.1 Å². The molecule has 0 fully saturated rings. The third-order valence-electron chi connectivity index (χ3n) is 2.61. The summed E-state index contributed by atoms with van der Waals surface area (Å²) in [5, 5.41) is 0. The van der Waals surface area contributed by atoms with Crippen LogP contribution in [0.4, 0.5) is 0 Å². The van der Waals surface area contributed by atoms with Crippen LogP contribution in [0.1, 0.15) is 5.56 Å². The number of aryl methyl sites for hydroxylation is 1. The number of hydrogen-bond donors (Lipinski definition) is 0. The smallest absolute Gasteiger partial charge is 0.238 e. The lowest BCUT2D eigenvalue weighted by atomic mass is 10.2. The van der Waals surface area contributed by atoms with Gasteiger partial charge in [0.25, 0.3) is 0 Å². The molecular weight excluding hydrogens is 246 g/mol. The fraction of sp³-hybridized carbons (Fsp3) is 0.143. The van der Waals surface area contributed by atoms with Crippen LogP contribution in [-0.4, -0.2) is 18.5 Å². The van der Waals surface area contributed by atoms with Crippen molar-refractivity contribution in [2.24, 2.45) is 0 Å². The van der Waals surface area contributed by atoms with Gasteiger partial charge in [-0.2, -0.15) is 0 Å². The van der Waals surface area contributed by atoms with Gasteiger partial charge in [-0.15, -0.1) is 0 Å². The molecule has 0 unspecified atom stereocenters. The van der Waals surface area contributed by atoms with E-state index in [0.29, 0.717) is 6.42 Å². The summed E-state index contributed by atoms with van der Waals surface area (Å²) in [6, 6.07) is 9.62. The molecule has 3 nitrogen and oxygen atoms in total. The van der Waals surface area contributed by atoms with E-state index in [1.807, 2.05) is 30.3 Å². The van der Waals surface area contributed by atoms with E-state index in [2.05, 4.69) is 0 Å². The van der Waals surface area contributed by atoms with Crippen LogP contribution in [0.5, 0.6) is 0 Å². The molecule has 4 heteroatoms. The van der Waals surface area contributed by atoms with Crippen molar-refractivity contribution in [2.75, 3.05) is 5.75 Å². The molecular formula is C14H15NO2S. The Bertz CT molecular complexity index is 555. The van der Waals surface area contributed by atoms with Crippen LogP contribution in [0, 0.1) is 0 Å². The molecule has 94 valence electrons. The van der Waals surface area contributed by atoms with E-state index in [4.69, 9.17) is 0 Å². The standard InChI is InChI=1S/C14H15NO2S/c16-18(17,15-11-6-1-2-7-12-15)13-10-14-8-4-3-5-9-14/h1-9,11-12H,10,13H2. The number of allylic oxidation sites excluding steroid dienone is 4. The summed E-state index contributed by atoms with van der Waals surface area (Å²) < 4.78 is 25.5. The van der Waals surface area contributed by atoms with Gasteiger partial charge in [0.1, 0.15) is 0 Å². The van der Waals surface area contributed by atoms with Gasteiger partial charge < -0.3 is 0 Å². The molecule has 1 aromatic carbocycles. The molecule has 0 bridgehead atoms. The van der Waals surface area contributed by atoms with E-state index in [9.17, 15) is 8.42 Å². The molecule has 18 heavy (non-hydrogen) atoms. The average Bonchev–Trinajstić information content (AvgIpc) is 2.67. The van der Waals surface area contributed by atoms with Gasteiger partial charge in [-0.25, -0.2) is 8.42 Å². The Morgan fingerprint density at radius 2 is 1.50 bits per heavy atom. The largest absolute Gasteiger partial charge is 0.253 e. The maximum absolute atomic E-state index is 12.1. The van der Waals surface area contributed by atoms with Crippen molar-refractivity contribution >= 4 is 10.0 Å². The highest BCUT2D eigenvalue weighted by molar-refractivity contribution is 7.89. The highest BCUT2D eigenvalue weighted by Gasteiger charge is 2.16. The molecule has 0 saturated carbocycles. The lowest BCUT2D eigenvalue weighted by Crippen LogP contribution is -2.24. The summed E-state index contributed by atoms with van der Waals surface area (Å²) in [5.41, 5.74) is 1.03. The normalized spacial score (nSPS) is 14.8. The van der Waals surface area contributed by atoms with Gasteiger partial charge in [-0.1, -0.05) is 42.5 Å². The van der Waals surface area contributed by atoms with E-state index in [1.54, 1.807) is 36.7 Å². The second-order valence-electron chi connectivity index (χ2n) is 3.95. The zero-order valence-electron chi connectivity index (χ0n) is 9.94. The minimum absolute atomic E-state index is 0.103. The molecule has 2 rings (SSSR count). The Morgan fingerprint density at radius 1 is 0.889 bits per heavy atom. The Morgan fingerprint density at radius 3 is 2.11 bits per heavy atom. The highest BCUT2D eigenvalue weighted by Crippen LogP contribution is 2.09. The van der Waals surface area contributed by atoms with Crippen molar-refractivity contribution in [3.63, 3.8) is 0 Å². The van der Waals surface area contributed by atoms with Crippen LogP contribution in [-0.2, 0) is 16.4 Å². The van der Waals surface area contributed by atoms with Crippen molar-refractivity contribution in [1.82, 2.24) is 4.31 Å². The van der Waals surface area contributed by atoms with Gasteiger partial charge in [0, 0.05) is 12.4 Å². The summed E-state index contributed by atoms with van der Waals surface area (Å²) in [6.07, 6.45) is 10.6. The van der Waals surface area contributed by atoms with Gasteiger partial charge in [0.05, 0.1) is 5.75 Å². The van der Waals surface area contributed by atoms with Crippen LogP contribution in [0.3, 0.4) is 0 Å². The van der Waals surface area contributed by atoms with Crippen LogP contribution < -0.4 is 0 Å². The second-order valence-corrected chi connectivity index (χ2v) is 5.94. The number of rotatable bonds is 4. The van der Waals surface area contributed by atoms with Crippen molar-refractivity contribution in [1.29, 1.82) is 0 Å². The number of nitrogens with zero attached hydrogens (tertiary/aromatic N) is 1. The van der Waals surface area contributed by atoms with Gasteiger partial charge in [-0.3, -0.25) is 4.31 Å². The summed E-state index contributed by atoms with van der Waals surface area (Å²) in [5.74, 6) is 0.103. The average molecular weight is 261 g/mol. The molecule has 0 aliphatic carbocycles. The molecule has 1 aliphatic rings. The van der Waals surface area contributed by atoms with Crippen LogP contribution in [0.15, 0.2) is 67.0 Å². The highest BCUT2D eigenvalue weighted by atomic mass is 32.2. The summed E-state index contributed by atoms with van der Waals surface area (Å²) in [7, 11) is -3.29. The minimum atomic E-state index is -3.29. The Kier molecular flexibility index (Phi) is 3.99. The fourth-order valence-corrected chi connectivity index (χ4v) is 2.85. The summed E-state index contributed by atoms with van der Waals surface area (Å²) in [6.45, 7) is 0. The van der Waals surface area contributed by atoms with Crippen LogP contribution >= 0.6 is 0 Å². The fourth-order valence-electron chi connectivity index (χ4n) is 1.63. The lowest BCUT2D eigenvalue weighted by molar-refractivity contribution is 0.552. The third-order valence-corrected chi connectivity index (χ3v) is 4.22. The van der Waals surface area contributed by atoms with Crippen molar-refractivity contribution in [2.45, 2.75) is 6.42 Å². The van der Waals surface area contributed by atoms with Gasteiger partial charge in [0.15, 0.2) is 0 Å². The lowest BCUT2D eigenvalue weighted by Gasteiger charge is -2.15. The molecule has 0 spiro atoms. The number of benzene rings is 1. The van der Waals surface area contributed by atoms with Crippen molar-refractivity contribution in [3.05, 3.63) is 72.6 Å². The van der Waals surface area contributed by atoms with Crippen molar-refractivity contribution < 1.29 is 8.42 Å². The maximum Gasteiger partial charge on any atom is 0.238 e. The molecule has 0 amide bonds. The first-order valence-electron chi connectivity index (χ1n) is 5.75. The van der Waals surface area contributed by atoms with Crippen LogP contribution in [0.25, 0.3) is 0 Å². The Hall–Kier alpha value is -1.81. The van der Waals surface area contributed by atoms with Crippen molar-refractivity contribution in [3.8, 4) is 0 Å². The van der Waals surface area contributed by atoms with Gasteiger partial charge in [0.2, 0.25) is 10.0 Å². The molecule has 1 heterocycles. The number of hydrogen-bond acceptors (Lipinski definition) is 2. The molecule has 0 aromatic heterocycles. The maximum atomic E-state index is 12.1. The topological polar surface area (TPSA) is 37.4 Å². The van der Waals surface area contributed by atoms with E-state index < -0.39 is 10.0 Å². The monoisotopic (exact) mass is 261 g/mol. The zero-order chi connectivity index (χ0) is 12.8. The Labute approximate surface area is 108 Å². The molecule has 1 aromatic rings. The van der Waals surface area contributed by atoms with E-state index in [-0.39, 0.29) is 5.75 Å². The quantitative estimate of drug-likeness (QED) is 0.835. The minimum Gasteiger partial charge on any atom is -0.253 e. The molecule has 0 N–H and O–H groups in total. The Balaban J connectivity index is 2.04. The van der Waals surface area contributed by atoms with Gasteiger partial charge >= 0.3 is 0 Å². The molecule has 0 radical (unpaired) electrons. The van der Waals surface area contributed by atoms with E-state index >= 15 is 0 Å². The first-order valence-corrected chi connectivity index (χ1v) is 7.36. The first-order chi connectivity index (χ1) is 8.68. The SMILES string of the molecule is O=S(=O)(CCc1ccccc1)N1C=CC=CC=C1. The molecule has 0 saturated heterocycles. The number of sulfonamides is 1. The molecule has 0 atom stereocenters. The first kappa shape index (κ1) is 12.6. The predicted molar refractivity (Wildman–Crippen MR) is 73.2 cm³/mol. The van der Waals surface area contributed by atoms with E-state index in [1.165, 1.54) is 4.31 Å². The third kappa shape index (κ3) is 3.34. The molecule has 1 aliphatic heterocycles. The summed E-state index contributed by atoms with van der Waals surface area (Å²) >= 11 is 0. The second kappa shape index (κ2) is 5.69. The predicted octanol–water partition coefficient (Wildman–Crippen LogP) is 2.46. The zero-order valence-corrected chi connectivity index (χ0v) is 10.8.